The average Bonchev–Trinajstić information content (AvgIpc) is 2.26. The molecule has 0 bridgehead atoms. The second kappa shape index (κ2) is 5.51. The van der Waals surface area contributed by atoms with Crippen LogP contribution >= 0.6 is 23.2 Å². The second-order valence-electron chi connectivity index (χ2n) is 3.67. The number of nitrogens with zero attached hydrogens (tertiary/aromatic N) is 1. The number of alkyl halides is 1. The summed E-state index contributed by atoms with van der Waals surface area (Å²) in [5.41, 5.74) is 0.676. The molecule has 3 nitrogen and oxygen atoms in total. The largest absolute Gasteiger partial charge is 0.273 e. The zero-order chi connectivity index (χ0) is 12.3. The molecular weight excluding hydrogens is 249 g/mol. The first-order chi connectivity index (χ1) is 7.47. The van der Waals surface area contributed by atoms with Gasteiger partial charge in [0.25, 0.3) is 5.69 Å². The van der Waals surface area contributed by atoms with Crippen LogP contribution in [0.3, 0.4) is 0 Å². The monoisotopic (exact) mass is 261 g/mol. The third kappa shape index (κ3) is 2.86. The predicted molar refractivity (Wildman–Crippen MR) is 66.5 cm³/mol. The quantitative estimate of drug-likeness (QED) is 0.459. The van der Waals surface area contributed by atoms with Crippen LogP contribution in [0.5, 0.6) is 0 Å². The Morgan fingerprint density at radius 2 is 2.12 bits per heavy atom. The summed E-state index contributed by atoms with van der Waals surface area (Å²) in [5.74, 6) is -0.0919. The highest BCUT2D eigenvalue weighted by Crippen LogP contribution is 2.33. The molecule has 1 rings (SSSR count). The van der Waals surface area contributed by atoms with Crippen molar-refractivity contribution in [3.63, 3.8) is 0 Å². The Kier molecular flexibility index (Phi) is 4.56. The van der Waals surface area contributed by atoms with Crippen molar-refractivity contribution in [1.29, 1.82) is 0 Å². The SMILES string of the molecule is CCC(Cl)C(C)c1cc(Cl)ccc1[N+](=O)[O-]. The molecule has 1 aromatic carbocycles. The third-order valence-corrected chi connectivity index (χ3v) is 3.53. The van der Waals surface area contributed by atoms with Gasteiger partial charge in [-0.3, -0.25) is 10.1 Å². The van der Waals surface area contributed by atoms with Gasteiger partial charge >= 0.3 is 0 Å². The highest BCUT2D eigenvalue weighted by atomic mass is 35.5. The van der Waals surface area contributed by atoms with E-state index in [1.807, 2.05) is 13.8 Å². The fraction of sp³-hybridized carbons (Fsp3) is 0.455. The van der Waals surface area contributed by atoms with Crippen molar-refractivity contribution in [3.8, 4) is 0 Å². The van der Waals surface area contributed by atoms with Gasteiger partial charge in [-0.25, -0.2) is 0 Å². The van der Waals surface area contributed by atoms with Crippen molar-refractivity contribution in [2.45, 2.75) is 31.6 Å². The van der Waals surface area contributed by atoms with Crippen LogP contribution in [-0.4, -0.2) is 10.3 Å². The summed E-state index contributed by atoms with van der Waals surface area (Å²) in [6.45, 7) is 3.82. The molecule has 0 N–H and O–H groups in total. The zero-order valence-electron chi connectivity index (χ0n) is 9.11. The number of hydrogen-bond acceptors (Lipinski definition) is 2. The molecule has 0 aliphatic heterocycles. The van der Waals surface area contributed by atoms with E-state index in [9.17, 15) is 10.1 Å². The summed E-state index contributed by atoms with van der Waals surface area (Å²) >= 11 is 12.0. The maximum atomic E-state index is 10.9. The minimum absolute atomic E-state index is 0.0796. The molecule has 0 spiro atoms. The lowest BCUT2D eigenvalue weighted by Crippen LogP contribution is -2.10. The number of nitro benzene ring substituents is 1. The maximum absolute atomic E-state index is 10.9. The van der Waals surface area contributed by atoms with Crippen molar-refractivity contribution >= 4 is 28.9 Å². The van der Waals surface area contributed by atoms with Crippen LogP contribution in [0.25, 0.3) is 0 Å². The molecule has 0 fully saturated rings. The van der Waals surface area contributed by atoms with Gasteiger partial charge in [-0.15, -0.1) is 11.6 Å². The molecule has 0 amide bonds. The summed E-state index contributed by atoms with van der Waals surface area (Å²) in [6, 6.07) is 4.56. The van der Waals surface area contributed by atoms with Gasteiger partial charge in [-0.1, -0.05) is 25.4 Å². The topological polar surface area (TPSA) is 43.1 Å². The smallest absolute Gasteiger partial charge is 0.258 e. The Balaban J connectivity index is 3.19. The lowest BCUT2D eigenvalue weighted by Gasteiger charge is -2.16. The number of hydrogen-bond donors (Lipinski definition) is 0. The molecule has 0 saturated heterocycles. The Bertz CT molecular complexity index is 396. The van der Waals surface area contributed by atoms with Crippen LogP contribution in [0, 0.1) is 10.1 Å². The molecule has 5 heteroatoms. The van der Waals surface area contributed by atoms with Crippen LogP contribution < -0.4 is 0 Å². The van der Waals surface area contributed by atoms with Gasteiger partial charge in [-0.05, 0) is 18.6 Å². The number of rotatable bonds is 4. The van der Waals surface area contributed by atoms with E-state index in [2.05, 4.69) is 0 Å². The summed E-state index contributed by atoms with van der Waals surface area (Å²) in [4.78, 5) is 10.5. The molecule has 0 aliphatic rings. The lowest BCUT2D eigenvalue weighted by atomic mass is 9.94. The Morgan fingerprint density at radius 3 is 2.62 bits per heavy atom. The van der Waals surface area contributed by atoms with E-state index < -0.39 is 4.92 Å². The standard InChI is InChI=1S/C11H13Cl2NO2/c1-3-10(13)7(2)9-6-8(12)4-5-11(9)14(15)16/h4-7,10H,3H2,1-2H3. The summed E-state index contributed by atoms with van der Waals surface area (Å²) in [5, 5.41) is 11.2. The normalized spacial score (nSPS) is 14.5. The molecule has 1 aromatic rings. The van der Waals surface area contributed by atoms with Gasteiger partial charge in [0.1, 0.15) is 0 Å². The van der Waals surface area contributed by atoms with Crippen molar-refractivity contribution in [2.75, 3.05) is 0 Å². The molecule has 2 unspecified atom stereocenters. The van der Waals surface area contributed by atoms with E-state index in [1.54, 1.807) is 6.07 Å². The van der Waals surface area contributed by atoms with Crippen LogP contribution in [-0.2, 0) is 0 Å². The van der Waals surface area contributed by atoms with Crippen molar-refractivity contribution in [3.05, 3.63) is 38.9 Å². The van der Waals surface area contributed by atoms with Crippen LogP contribution in [0.15, 0.2) is 18.2 Å². The fourth-order valence-corrected chi connectivity index (χ4v) is 1.92. The van der Waals surface area contributed by atoms with E-state index in [0.29, 0.717) is 10.6 Å². The number of halogens is 2. The van der Waals surface area contributed by atoms with Crippen LogP contribution in [0.2, 0.25) is 5.02 Å². The minimum Gasteiger partial charge on any atom is -0.258 e. The van der Waals surface area contributed by atoms with Gasteiger partial charge in [0.15, 0.2) is 0 Å². The first-order valence-electron chi connectivity index (χ1n) is 5.05. The van der Waals surface area contributed by atoms with Gasteiger partial charge in [0, 0.05) is 27.9 Å². The Morgan fingerprint density at radius 1 is 1.50 bits per heavy atom. The highest BCUT2D eigenvalue weighted by molar-refractivity contribution is 6.30. The number of nitro groups is 1. The molecule has 0 heterocycles. The average molecular weight is 262 g/mol. The van der Waals surface area contributed by atoms with Gasteiger partial charge < -0.3 is 0 Å². The Labute approximate surface area is 105 Å². The zero-order valence-corrected chi connectivity index (χ0v) is 10.6. The van der Waals surface area contributed by atoms with E-state index in [0.717, 1.165) is 6.42 Å². The van der Waals surface area contributed by atoms with Gasteiger partial charge in [-0.2, -0.15) is 0 Å². The van der Waals surface area contributed by atoms with Crippen molar-refractivity contribution in [1.82, 2.24) is 0 Å². The first-order valence-corrected chi connectivity index (χ1v) is 5.86. The van der Waals surface area contributed by atoms with E-state index in [4.69, 9.17) is 23.2 Å². The molecule has 0 radical (unpaired) electrons. The predicted octanol–water partition coefficient (Wildman–Crippen LogP) is 4.37. The lowest BCUT2D eigenvalue weighted by molar-refractivity contribution is -0.385. The molecule has 0 aliphatic carbocycles. The molecule has 0 aromatic heterocycles. The molecule has 0 saturated carbocycles. The van der Waals surface area contributed by atoms with Crippen molar-refractivity contribution < 1.29 is 4.92 Å². The number of benzene rings is 1. The van der Waals surface area contributed by atoms with E-state index in [1.165, 1.54) is 12.1 Å². The molecule has 2 atom stereocenters. The summed E-state index contributed by atoms with van der Waals surface area (Å²) < 4.78 is 0. The van der Waals surface area contributed by atoms with Gasteiger partial charge in [0.05, 0.1) is 4.92 Å². The van der Waals surface area contributed by atoms with Crippen LogP contribution in [0.4, 0.5) is 5.69 Å². The summed E-state index contributed by atoms with van der Waals surface area (Å²) in [6.07, 6.45) is 0.756. The third-order valence-electron chi connectivity index (χ3n) is 2.61. The molecular formula is C11H13Cl2NO2. The molecule has 88 valence electrons. The van der Waals surface area contributed by atoms with Gasteiger partial charge in [0.2, 0.25) is 0 Å². The van der Waals surface area contributed by atoms with Crippen molar-refractivity contribution in [2.24, 2.45) is 0 Å². The maximum Gasteiger partial charge on any atom is 0.273 e. The second-order valence-corrected chi connectivity index (χ2v) is 4.67. The van der Waals surface area contributed by atoms with Crippen LogP contribution in [0.1, 0.15) is 31.7 Å². The Hall–Kier alpha value is -0.800. The fourth-order valence-electron chi connectivity index (χ4n) is 1.60. The molecule has 16 heavy (non-hydrogen) atoms. The summed E-state index contributed by atoms with van der Waals surface area (Å²) in [7, 11) is 0. The minimum atomic E-state index is -0.401. The van der Waals surface area contributed by atoms with E-state index >= 15 is 0 Å². The first kappa shape index (κ1) is 13.3. The highest BCUT2D eigenvalue weighted by Gasteiger charge is 2.23. The van der Waals surface area contributed by atoms with E-state index in [-0.39, 0.29) is 17.0 Å².